The number of hydrogen-bond acceptors (Lipinski definition) is 6. The van der Waals surface area contributed by atoms with Crippen molar-refractivity contribution >= 4 is 5.90 Å². The van der Waals surface area contributed by atoms with Crippen molar-refractivity contribution in [2.24, 2.45) is 5.10 Å². The highest BCUT2D eigenvalue weighted by Crippen LogP contribution is 2.24. The van der Waals surface area contributed by atoms with E-state index >= 15 is 0 Å². The van der Waals surface area contributed by atoms with Crippen molar-refractivity contribution in [2.45, 2.75) is 25.4 Å². The van der Waals surface area contributed by atoms with Crippen LogP contribution in [0.3, 0.4) is 0 Å². The highest BCUT2D eigenvalue weighted by molar-refractivity contribution is 5.94. The minimum atomic E-state index is 0.191. The van der Waals surface area contributed by atoms with E-state index in [1.165, 1.54) is 0 Å². The molecule has 0 bridgehead atoms. The van der Waals surface area contributed by atoms with Crippen LogP contribution in [-0.2, 0) is 4.74 Å². The Morgan fingerprint density at radius 3 is 2.95 bits per heavy atom. The van der Waals surface area contributed by atoms with Crippen LogP contribution < -0.4 is 0 Å². The third kappa shape index (κ3) is 2.48. The molecule has 0 amide bonds. The van der Waals surface area contributed by atoms with Gasteiger partial charge in [0.25, 0.3) is 0 Å². The second kappa shape index (κ2) is 5.34. The van der Waals surface area contributed by atoms with Gasteiger partial charge < -0.3 is 9.64 Å². The van der Waals surface area contributed by atoms with Gasteiger partial charge in [-0.05, 0) is 31.5 Å². The van der Waals surface area contributed by atoms with E-state index in [0.717, 1.165) is 12.0 Å². The average Bonchev–Trinajstić information content (AvgIpc) is 3.13. The normalized spacial score (nSPS) is 24.2. The van der Waals surface area contributed by atoms with Crippen LogP contribution in [0.5, 0.6) is 0 Å². The van der Waals surface area contributed by atoms with Crippen LogP contribution in [0.4, 0.5) is 0 Å². The second-order valence-electron chi connectivity index (χ2n) is 5.30. The predicted octanol–water partition coefficient (Wildman–Crippen LogP) is 1.45. The Morgan fingerprint density at radius 1 is 1.38 bits per heavy atom. The summed E-state index contributed by atoms with van der Waals surface area (Å²) in [6.45, 7) is 3.11. The van der Waals surface area contributed by atoms with E-state index in [1.54, 1.807) is 17.0 Å². The van der Waals surface area contributed by atoms with Crippen molar-refractivity contribution in [1.29, 1.82) is 10.5 Å². The van der Waals surface area contributed by atoms with Crippen molar-refractivity contribution in [3.8, 4) is 12.3 Å². The first kappa shape index (κ1) is 13.3. The Kier molecular flexibility index (Phi) is 3.37. The Morgan fingerprint density at radius 2 is 2.24 bits per heavy atom. The number of hydrogen-bond donors (Lipinski definition) is 0. The summed E-state index contributed by atoms with van der Waals surface area (Å²) >= 11 is 0. The van der Waals surface area contributed by atoms with E-state index in [4.69, 9.17) is 15.3 Å². The van der Waals surface area contributed by atoms with Gasteiger partial charge in [-0.25, -0.2) is 0 Å². The van der Waals surface area contributed by atoms with Crippen LogP contribution >= 0.6 is 0 Å². The van der Waals surface area contributed by atoms with Gasteiger partial charge in [0.1, 0.15) is 0 Å². The van der Waals surface area contributed by atoms with Gasteiger partial charge in [0.15, 0.2) is 12.9 Å². The lowest BCUT2D eigenvalue weighted by Gasteiger charge is -2.18. The summed E-state index contributed by atoms with van der Waals surface area (Å²) in [5.74, 6) is 0.537. The van der Waals surface area contributed by atoms with Gasteiger partial charge >= 0.3 is 0 Å². The second-order valence-corrected chi connectivity index (χ2v) is 5.30. The maximum absolute atomic E-state index is 9.04. The average molecular weight is 281 g/mol. The van der Waals surface area contributed by atoms with Gasteiger partial charge in [-0.15, -0.1) is 5.10 Å². The van der Waals surface area contributed by atoms with Gasteiger partial charge in [-0.2, -0.15) is 10.5 Å². The number of hydrazone groups is 1. The molecule has 21 heavy (non-hydrogen) atoms. The van der Waals surface area contributed by atoms with Crippen LogP contribution in [0.1, 0.15) is 24.5 Å². The number of benzene rings is 1. The monoisotopic (exact) mass is 281 g/mol. The number of rotatable bonds is 2. The molecular weight excluding hydrogens is 266 g/mol. The number of nitriles is 2. The maximum atomic E-state index is 9.04. The van der Waals surface area contributed by atoms with Crippen molar-refractivity contribution in [1.82, 2.24) is 9.91 Å². The third-order valence-corrected chi connectivity index (χ3v) is 3.89. The fourth-order valence-corrected chi connectivity index (χ4v) is 2.71. The first-order valence-corrected chi connectivity index (χ1v) is 6.86. The summed E-state index contributed by atoms with van der Waals surface area (Å²) in [7, 11) is 0. The quantitative estimate of drug-likeness (QED) is 0.767. The van der Waals surface area contributed by atoms with Gasteiger partial charge in [-0.1, -0.05) is 6.07 Å². The number of nitrogens with zero attached hydrogens (tertiary/aromatic N) is 5. The predicted molar refractivity (Wildman–Crippen MR) is 75.7 cm³/mol. The molecule has 106 valence electrons. The number of ether oxygens (including phenoxy) is 1. The molecule has 1 fully saturated rings. The van der Waals surface area contributed by atoms with Gasteiger partial charge in [0.05, 0.1) is 24.2 Å². The maximum Gasteiger partial charge on any atom is 0.240 e. The molecule has 0 unspecified atom stereocenters. The first-order valence-electron chi connectivity index (χ1n) is 6.86. The Labute approximate surface area is 123 Å². The van der Waals surface area contributed by atoms with Crippen molar-refractivity contribution in [3.05, 3.63) is 35.4 Å². The lowest BCUT2D eigenvalue weighted by Crippen LogP contribution is -2.31. The lowest BCUT2D eigenvalue weighted by molar-refractivity contribution is 0.126. The molecule has 0 N–H and O–H groups in total. The van der Waals surface area contributed by atoms with Crippen LogP contribution in [0.15, 0.2) is 29.4 Å². The van der Waals surface area contributed by atoms with E-state index in [0.29, 0.717) is 24.7 Å². The molecule has 0 aromatic heterocycles. The van der Waals surface area contributed by atoms with Crippen molar-refractivity contribution < 1.29 is 4.74 Å². The molecule has 1 saturated heterocycles. The zero-order chi connectivity index (χ0) is 14.8. The van der Waals surface area contributed by atoms with Crippen LogP contribution in [0, 0.1) is 22.8 Å². The molecule has 1 aromatic carbocycles. The summed E-state index contributed by atoms with van der Waals surface area (Å²) in [5, 5.41) is 24.4. The standard InChI is InChI=1S/C15H15N5O/c1-11-5-14(8-19(11)9-17)20-10-21-15(18-20)13-4-2-3-12(6-13)7-16/h2-4,6,11,14H,5,8,10H2,1H3/t11-,14-/m1/s1. The fraction of sp³-hybridized carbons (Fsp3) is 0.400. The fourth-order valence-electron chi connectivity index (χ4n) is 2.71. The third-order valence-electron chi connectivity index (χ3n) is 3.89. The van der Waals surface area contributed by atoms with E-state index in [1.807, 2.05) is 24.1 Å². The van der Waals surface area contributed by atoms with Crippen LogP contribution in [-0.4, -0.2) is 41.2 Å². The molecule has 0 aliphatic carbocycles. The largest absolute Gasteiger partial charge is 0.453 e. The van der Waals surface area contributed by atoms with Crippen LogP contribution in [0.25, 0.3) is 0 Å². The summed E-state index contributed by atoms with van der Waals surface area (Å²) in [5.41, 5.74) is 1.39. The topological polar surface area (TPSA) is 75.7 Å². The molecule has 6 heteroatoms. The van der Waals surface area contributed by atoms with E-state index in [2.05, 4.69) is 17.4 Å². The summed E-state index contributed by atoms with van der Waals surface area (Å²) in [6, 6.07) is 9.75. The zero-order valence-corrected chi connectivity index (χ0v) is 11.7. The molecule has 3 rings (SSSR count). The smallest absolute Gasteiger partial charge is 0.240 e. The minimum absolute atomic E-state index is 0.191. The summed E-state index contributed by atoms with van der Waals surface area (Å²) in [4.78, 5) is 1.77. The van der Waals surface area contributed by atoms with E-state index in [9.17, 15) is 0 Å². The SMILES string of the molecule is C[C@@H]1C[C@@H](N2COC(c3cccc(C#N)c3)=N2)CN1C#N. The molecule has 0 spiro atoms. The molecular formula is C15H15N5O. The molecule has 2 aliphatic rings. The van der Waals surface area contributed by atoms with Gasteiger partial charge in [0.2, 0.25) is 5.90 Å². The van der Waals surface area contributed by atoms with Gasteiger partial charge in [-0.3, -0.25) is 5.01 Å². The minimum Gasteiger partial charge on any atom is -0.453 e. The molecule has 2 heterocycles. The molecule has 1 aromatic rings. The summed E-state index contributed by atoms with van der Waals surface area (Å²) < 4.78 is 5.63. The van der Waals surface area contributed by atoms with Crippen LogP contribution in [0.2, 0.25) is 0 Å². The van der Waals surface area contributed by atoms with Crippen molar-refractivity contribution in [3.63, 3.8) is 0 Å². The Bertz CT molecular complexity index is 657. The lowest BCUT2D eigenvalue weighted by atomic mass is 10.1. The van der Waals surface area contributed by atoms with Crippen molar-refractivity contribution in [2.75, 3.05) is 13.3 Å². The molecule has 2 aliphatic heterocycles. The molecule has 2 atom stereocenters. The number of likely N-dealkylation sites (tertiary alicyclic amines) is 1. The first-order chi connectivity index (χ1) is 10.2. The van der Waals surface area contributed by atoms with E-state index in [-0.39, 0.29) is 12.1 Å². The van der Waals surface area contributed by atoms with E-state index < -0.39 is 0 Å². The highest BCUT2D eigenvalue weighted by Gasteiger charge is 2.34. The molecule has 0 saturated carbocycles. The Hall–Kier alpha value is -2.73. The molecule has 0 radical (unpaired) electrons. The summed E-state index contributed by atoms with van der Waals surface area (Å²) in [6.07, 6.45) is 3.10. The van der Waals surface area contributed by atoms with Gasteiger partial charge in [0, 0.05) is 11.6 Å². The molecule has 6 nitrogen and oxygen atoms in total. The Balaban J connectivity index is 1.76. The highest BCUT2D eigenvalue weighted by atomic mass is 16.5. The zero-order valence-electron chi connectivity index (χ0n) is 11.7.